The lowest BCUT2D eigenvalue weighted by atomic mass is 9.85. The minimum absolute atomic E-state index is 0.0957. The van der Waals surface area contributed by atoms with Gasteiger partial charge in [0.05, 0.1) is 0 Å². The SMILES string of the molecule is CN(CCc1ccncc1)CCC1CCCC1(N)C(=O)O. The molecular formula is C16H25N3O2. The monoisotopic (exact) mass is 291 g/mol. The number of pyridine rings is 1. The number of hydrogen-bond donors (Lipinski definition) is 2. The van der Waals surface area contributed by atoms with Crippen molar-refractivity contribution in [2.75, 3.05) is 20.1 Å². The Labute approximate surface area is 126 Å². The van der Waals surface area contributed by atoms with Crippen molar-refractivity contribution in [1.29, 1.82) is 0 Å². The molecule has 0 aliphatic heterocycles. The molecule has 0 amide bonds. The summed E-state index contributed by atoms with van der Waals surface area (Å²) in [4.78, 5) is 17.6. The Morgan fingerprint density at radius 1 is 1.48 bits per heavy atom. The Morgan fingerprint density at radius 2 is 2.19 bits per heavy atom. The average molecular weight is 291 g/mol. The van der Waals surface area contributed by atoms with Gasteiger partial charge in [0.15, 0.2) is 0 Å². The molecule has 0 radical (unpaired) electrons. The molecule has 5 nitrogen and oxygen atoms in total. The molecule has 1 fully saturated rings. The normalized spacial score (nSPS) is 25.4. The zero-order chi connectivity index (χ0) is 15.3. The first kappa shape index (κ1) is 15.9. The third kappa shape index (κ3) is 4.02. The van der Waals surface area contributed by atoms with Crippen LogP contribution in [-0.2, 0) is 11.2 Å². The molecule has 1 aliphatic rings. The molecular weight excluding hydrogens is 266 g/mol. The molecule has 0 aromatic carbocycles. The van der Waals surface area contributed by atoms with E-state index in [1.165, 1.54) is 5.56 Å². The number of aromatic nitrogens is 1. The predicted molar refractivity (Wildman–Crippen MR) is 82.0 cm³/mol. The summed E-state index contributed by atoms with van der Waals surface area (Å²) in [6, 6.07) is 4.06. The third-order valence-electron chi connectivity index (χ3n) is 4.66. The molecule has 1 aliphatic carbocycles. The lowest BCUT2D eigenvalue weighted by Gasteiger charge is -2.28. The summed E-state index contributed by atoms with van der Waals surface area (Å²) < 4.78 is 0. The number of carboxylic acid groups (broad SMARTS) is 1. The van der Waals surface area contributed by atoms with Crippen LogP contribution in [0.2, 0.25) is 0 Å². The summed E-state index contributed by atoms with van der Waals surface area (Å²) in [6.45, 7) is 1.85. The maximum absolute atomic E-state index is 11.3. The zero-order valence-corrected chi connectivity index (χ0v) is 12.7. The van der Waals surface area contributed by atoms with Crippen molar-refractivity contribution in [2.45, 2.75) is 37.6 Å². The van der Waals surface area contributed by atoms with Gasteiger partial charge in [0.25, 0.3) is 0 Å². The molecule has 1 heterocycles. The lowest BCUT2D eigenvalue weighted by molar-refractivity contribution is -0.144. The standard InChI is InChI=1S/C16H25N3O2/c1-19(11-6-13-4-9-18-10-5-13)12-7-14-3-2-8-16(14,17)15(20)21/h4-5,9-10,14H,2-3,6-8,11-12,17H2,1H3,(H,20,21). The van der Waals surface area contributed by atoms with Gasteiger partial charge in [-0.1, -0.05) is 6.42 Å². The zero-order valence-electron chi connectivity index (χ0n) is 12.7. The molecule has 2 unspecified atom stereocenters. The number of carbonyl (C=O) groups is 1. The van der Waals surface area contributed by atoms with Crippen LogP contribution in [0.3, 0.4) is 0 Å². The third-order valence-corrected chi connectivity index (χ3v) is 4.66. The highest BCUT2D eigenvalue weighted by Crippen LogP contribution is 2.36. The second kappa shape index (κ2) is 7.00. The van der Waals surface area contributed by atoms with Crippen LogP contribution in [-0.4, -0.2) is 46.6 Å². The minimum atomic E-state index is -1.01. The smallest absolute Gasteiger partial charge is 0.323 e. The van der Waals surface area contributed by atoms with E-state index < -0.39 is 11.5 Å². The molecule has 0 spiro atoms. The Morgan fingerprint density at radius 3 is 2.86 bits per heavy atom. The highest BCUT2D eigenvalue weighted by atomic mass is 16.4. The van der Waals surface area contributed by atoms with Crippen molar-refractivity contribution < 1.29 is 9.90 Å². The second-order valence-electron chi connectivity index (χ2n) is 6.13. The van der Waals surface area contributed by atoms with E-state index in [1.807, 2.05) is 24.5 Å². The van der Waals surface area contributed by atoms with E-state index in [-0.39, 0.29) is 5.92 Å². The molecule has 2 rings (SSSR count). The first-order chi connectivity index (χ1) is 10.0. The molecule has 1 saturated carbocycles. The highest BCUT2D eigenvalue weighted by Gasteiger charge is 2.45. The summed E-state index contributed by atoms with van der Waals surface area (Å²) in [6.07, 6.45) is 7.92. The average Bonchev–Trinajstić information content (AvgIpc) is 2.86. The van der Waals surface area contributed by atoms with Gasteiger partial charge in [0.1, 0.15) is 5.54 Å². The maximum Gasteiger partial charge on any atom is 0.323 e. The van der Waals surface area contributed by atoms with Crippen LogP contribution < -0.4 is 5.73 Å². The molecule has 1 aromatic heterocycles. The molecule has 116 valence electrons. The van der Waals surface area contributed by atoms with Gasteiger partial charge < -0.3 is 15.7 Å². The largest absolute Gasteiger partial charge is 0.480 e. The van der Waals surface area contributed by atoms with Gasteiger partial charge >= 0.3 is 5.97 Å². The van der Waals surface area contributed by atoms with Crippen LogP contribution in [0, 0.1) is 5.92 Å². The van der Waals surface area contributed by atoms with Crippen molar-refractivity contribution >= 4 is 5.97 Å². The fraction of sp³-hybridized carbons (Fsp3) is 0.625. The quantitative estimate of drug-likeness (QED) is 0.796. The van der Waals surface area contributed by atoms with E-state index in [0.29, 0.717) is 6.42 Å². The van der Waals surface area contributed by atoms with Crippen LogP contribution in [0.4, 0.5) is 0 Å². The molecule has 2 atom stereocenters. The van der Waals surface area contributed by atoms with Gasteiger partial charge in [-0.05, 0) is 62.9 Å². The van der Waals surface area contributed by atoms with Crippen LogP contribution in [0.25, 0.3) is 0 Å². The van der Waals surface area contributed by atoms with E-state index in [0.717, 1.165) is 38.8 Å². The Hall–Kier alpha value is -1.46. The van der Waals surface area contributed by atoms with Crippen molar-refractivity contribution in [3.8, 4) is 0 Å². The fourth-order valence-corrected chi connectivity index (χ4v) is 3.14. The van der Waals surface area contributed by atoms with Crippen LogP contribution >= 0.6 is 0 Å². The van der Waals surface area contributed by atoms with Crippen LogP contribution in [0.1, 0.15) is 31.2 Å². The van der Waals surface area contributed by atoms with E-state index >= 15 is 0 Å². The van der Waals surface area contributed by atoms with Gasteiger partial charge in [-0.2, -0.15) is 0 Å². The van der Waals surface area contributed by atoms with Gasteiger partial charge in [-0.3, -0.25) is 9.78 Å². The minimum Gasteiger partial charge on any atom is -0.480 e. The number of aliphatic carboxylic acids is 1. The number of nitrogens with two attached hydrogens (primary N) is 1. The lowest BCUT2D eigenvalue weighted by Crippen LogP contribution is -2.51. The van der Waals surface area contributed by atoms with E-state index in [9.17, 15) is 9.90 Å². The topological polar surface area (TPSA) is 79.5 Å². The van der Waals surface area contributed by atoms with Crippen molar-refractivity contribution in [1.82, 2.24) is 9.88 Å². The van der Waals surface area contributed by atoms with Crippen molar-refractivity contribution in [3.63, 3.8) is 0 Å². The van der Waals surface area contributed by atoms with Gasteiger partial charge in [-0.25, -0.2) is 0 Å². The molecule has 21 heavy (non-hydrogen) atoms. The van der Waals surface area contributed by atoms with Crippen LogP contribution in [0.15, 0.2) is 24.5 Å². The summed E-state index contributed by atoms with van der Waals surface area (Å²) in [7, 11) is 2.08. The predicted octanol–water partition coefficient (Wildman–Crippen LogP) is 1.53. The highest BCUT2D eigenvalue weighted by molar-refractivity contribution is 5.79. The van der Waals surface area contributed by atoms with Crippen molar-refractivity contribution in [3.05, 3.63) is 30.1 Å². The van der Waals surface area contributed by atoms with E-state index in [1.54, 1.807) is 0 Å². The Kier molecular flexibility index (Phi) is 5.31. The summed E-state index contributed by atoms with van der Waals surface area (Å²) in [5, 5.41) is 9.32. The van der Waals surface area contributed by atoms with E-state index in [4.69, 9.17) is 5.73 Å². The molecule has 3 N–H and O–H groups in total. The Balaban J connectivity index is 1.76. The van der Waals surface area contributed by atoms with Crippen molar-refractivity contribution in [2.24, 2.45) is 11.7 Å². The number of carboxylic acids is 1. The molecule has 5 heteroatoms. The second-order valence-corrected chi connectivity index (χ2v) is 6.13. The van der Waals surface area contributed by atoms with Crippen LogP contribution in [0.5, 0.6) is 0 Å². The first-order valence-corrected chi connectivity index (χ1v) is 7.62. The van der Waals surface area contributed by atoms with Gasteiger partial charge in [0.2, 0.25) is 0 Å². The fourth-order valence-electron chi connectivity index (χ4n) is 3.14. The number of likely N-dealkylation sites (N-methyl/N-ethyl adjacent to an activating group) is 1. The summed E-state index contributed by atoms with van der Waals surface area (Å²) in [5.41, 5.74) is 6.34. The van der Waals surface area contributed by atoms with Gasteiger partial charge in [0, 0.05) is 18.9 Å². The number of hydrogen-bond acceptors (Lipinski definition) is 4. The van der Waals surface area contributed by atoms with Gasteiger partial charge in [-0.15, -0.1) is 0 Å². The summed E-state index contributed by atoms with van der Waals surface area (Å²) in [5.74, 6) is -0.747. The number of rotatable bonds is 7. The van der Waals surface area contributed by atoms with E-state index in [2.05, 4.69) is 16.9 Å². The molecule has 0 saturated heterocycles. The Bertz CT molecular complexity index is 466. The summed E-state index contributed by atoms with van der Waals surface area (Å²) >= 11 is 0. The maximum atomic E-state index is 11.3. The first-order valence-electron chi connectivity index (χ1n) is 7.62. The molecule has 1 aromatic rings. The number of nitrogens with zero attached hydrogens (tertiary/aromatic N) is 2. The molecule has 0 bridgehead atoms.